The van der Waals surface area contributed by atoms with Gasteiger partial charge < -0.3 is 11.1 Å². The molecule has 3 N–H and O–H groups in total. The van der Waals surface area contributed by atoms with E-state index in [9.17, 15) is 26.3 Å². The van der Waals surface area contributed by atoms with Crippen molar-refractivity contribution < 1.29 is 26.3 Å². The van der Waals surface area contributed by atoms with Gasteiger partial charge in [0.1, 0.15) is 0 Å². The third-order valence-corrected chi connectivity index (χ3v) is 4.12. The molecule has 1 atom stereocenters. The molecule has 0 amide bonds. The molecule has 25 heavy (non-hydrogen) atoms. The minimum absolute atomic E-state index is 0.105. The number of rotatable bonds is 5. The number of nitrogen functional groups attached to an aromatic ring is 1. The van der Waals surface area contributed by atoms with Gasteiger partial charge >= 0.3 is 12.4 Å². The van der Waals surface area contributed by atoms with Crippen LogP contribution in [0.2, 0.25) is 0 Å². The Balaban J connectivity index is 2.03. The standard InChI is InChI=1S/C13H13F6N5S/c1-6(2-3-8-7(4-5-25-8)12(14,15)16)21-11-23-9(13(17,18)19)22-10(20)24-11/h4-6H,2-3H2,1H3,(H3,20,21,22,23,24). The van der Waals surface area contributed by atoms with E-state index in [0.717, 1.165) is 17.4 Å². The maximum atomic E-state index is 12.8. The molecular weight excluding hydrogens is 372 g/mol. The Hall–Kier alpha value is -2.11. The zero-order valence-corrected chi connectivity index (χ0v) is 13.6. The van der Waals surface area contributed by atoms with Crippen LogP contribution in [0.25, 0.3) is 0 Å². The zero-order valence-electron chi connectivity index (χ0n) is 12.7. The first kappa shape index (κ1) is 19.2. The van der Waals surface area contributed by atoms with Crippen molar-refractivity contribution >= 4 is 23.2 Å². The van der Waals surface area contributed by atoms with Crippen LogP contribution in [0.4, 0.5) is 38.2 Å². The highest BCUT2D eigenvalue weighted by Gasteiger charge is 2.36. The van der Waals surface area contributed by atoms with E-state index in [1.165, 1.54) is 5.38 Å². The maximum Gasteiger partial charge on any atom is 0.451 e. The van der Waals surface area contributed by atoms with Gasteiger partial charge in [0.05, 0.1) is 5.56 Å². The number of nitrogens with two attached hydrogens (primary N) is 1. The van der Waals surface area contributed by atoms with Gasteiger partial charge in [-0.05, 0) is 31.2 Å². The highest BCUT2D eigenvalue weighted by molar-refractivity contribution is 7.10. The molecule has 12 heteroatoms. The van der Waals surface area contributed by atoms with Gasteiger partial charge in [-0.15, -0.1) is 11.3 Å². The molecule has 0 saturated heterocycles. The highest BCUT2D eigenvalue weighted by Crippen LogP contribution is 2.35. The molecule has 1 unspecified atom stereocenters. The molecule has 0 fully saturated rings. The van der Waals surface area contributed by atoms with Gasteiger partial charge in [0.25, 0.3) is 0 Å². The maximum absolute atomic E-state index is 12.8. The van der Waals surface area contributed by atoms with Crippen molar-refractivity contribution in [2.24, 2.45) is 0 Å². The number of aryl methyl sites for hydroxylation is 1. The number of hydrogen-bond acceptors (Lipinski definition) is 6. The first-order valence-corrected chi connectivity index (χ1v) is 7.83. The van der Waals surface area contributed by atoms with Gasteiger partial charge in [-0.3, -0.25) is 0 Å². The van der Waals surface area contributed by atoms with Crippen LogP contribution in [0.15, 0.2) is 11.4 Å². The predicted octanol–water partition coefficient (Wildman–Crippen LogP) is 3.99. The molecule has 2 heterocycles. The molecule has 2 aromatic heterocycles. The molecule has 2 aromatic rings. The Kier molecular flexibility index (Phi) is 5.40. The Labute approximate surface area is 142 Å². The third-order valence-electron chi connectivity index (χ3n) is 3.14. The lowest BCUT2D eigenvalue weighted by atomic mass is 10.1. The summed E-state index contributed by atoms with van der Waals surface area (Å²) < 4.78 is 76.3. The molecule has 0 spiro atoms. The molecule has 5 nitrogen and oxygen atoms in total. The number of anilines is 2. The topological polar surface area (TPSA) is 76.7 Å². The molecule has 0 saturated carbocycles. The van der Waals surface area contributed by atoms with Crippen molar-refractivity contribution in [3.05, 3.63) is 27.7 Å². The number of aromatic nitrogens is 3. The fourth-order valence-electron chi connectivity index (χ4n) is 2.01. The van der Waals surface area contributed by atoms with Crippen molar-refractivity contribution in [1.82, 2.24) is 15.0 Å². The van der Waals surface area contributed by atoms with Gasteiger partial charge in [0, 0.05) is 10.9 Å². The lowest BCUT2D eigenvalue weighted by Crippen LogP contribution is -2.21. The molecular formula is C13H13F6N5S. The van der Waals surface area contributed by atoms with Crippen molar-refractivity contribution in [2.45, 2.75) is 38.2 Å². The molecule has 2 rings (SSSR count). The Morgan fingerprint density at radius 3 is 2.40 bits per heavy atom. The monoisotopic (exact) mass is 385 g/mol. The van der Waals surface area contributed by atoms with Gasteiger partial charge in [-0.25, -0.2) is 0 Å². The molecule has 138 valence electrons. The van der Waals surface area contributed by atoms with Crippen LogP contribution < -0.4 is 11.1 Å². The van der Waals surface area contributed by atoms with Gasteiger partial charge in [-0.1, -0.05) is 0 Å². The summed E-state index contributed by atoms with van der Waals surface area (Å²) in [5.41, 5.74) is 4.52. The van der Waals surface area contributed by atoms with Crippen LogP contribution in [-0.4, -0.2) is 21.0 Å². The number of thiophene rings is 1. The predicted molar refractivity (Wildman–Crippen MR) is 80.0 cm³/mol. The normalized spacial score (nSPS) is 13.7. The summed E-state index contributed by atoms with van der Waals surface area (Å²) in [6.07, 6.45) is -8.88. The van der Waals surface area contributed by atoms with E-state index in [0.29, 0.717) is 0 Å². The zero-order chi connectivity index (χ0) is 18.8. The summed E-state index contributed by atoms with van der Waals surface area (Å²) in [5, 5.41) is 3.94. The number of alkyl halides is 6. The second kappa shape index (κ2) is 7.02. The summed E-state index contributed by atoms with van der Waals surface area (Å²) >= 11 is 0.975. The first-order valence-electron chi connectivity index (χ1n) is 6.95. The third kappa shape index (κ3) is 5.18. The van der Waals surface area contributed by atoms with Crippen LogP contribution in [0.3, 0.4) is 0 Å². The van der Waals surface area contributed by atoms with Gasteiger partial charge in [0.15, 0.2) is 0 Å². The summed E-state index contributed by atoms with van der Waals surface area (Å²) in [5.74, 6) is -2.42. The van der Waals surface area contributed by atoms with Crippen LogP contribution in [0.5, 0.6) is 0 Å². The quantitative estimate of drug-likeness (QED) is 0.762. The number of nitrogens with zero attached hydrogens (tertiary/aromatic N) is 3. The van der Waals surface area contributed by atoms with Crippen molar-refractivity contribution in [3.63, 3.8) is 0 Å². The van der Waals surface area contributed by atoms with E-state index in [4.69, 9.17) is 5.73 Å². The molecule has 0 aromatic carbocycles. The van der Waals surface area contributed by atoms with Crippen LogP contribution in [0.1, 0.15) is 29.6 Å². The Morgan fingerprint density at radius 2 is 1.80 bits per heavy atom. The number of nitrogens with one attached hydrogen (secondary N) is 1. The van der Waals surface area contributed by atoms with E-state index in [-0.39, 0.29) is 23.7 Å². The minimum Gasteiger partial charge on any atom is -0.368 e. The second-order valence-corrected chi connectivity index (χ2v) is 6.18. The summed E-state index contributed by atoms with van der Waals surface area (Å²) in [7, 11) is 0. The van der Waals surface area contributed by atoms with Gasteiger partial charge in [-0.2, -0.15) is 41.3 Å². The van der Waals surface area contributed by atoms with E-state index in [1.54, 1.807) is 6.92 Å². The number of halogens is 6. The van der Waals surface area contributed by atoms with E-state index >= 15 is 0 Å². The SMILES string of the molecule is CC(CCc1sccc1C(F)(F)F)Nc1nc(N)nc(C(F)(F)F)n1. The number of hydrogen-bond donors (Lipinski definition) is 2. The van der Waals surface area contributed by atoms with Crippen LogP contribution in [-0.2, 0) is 18.8 Å². The van der Waals surface area contributed by atoms with Crippen molar-refractivity contribution in [1.29, 1.82) is 0 Å². The smallest absolute Gasteiger partial charge is 0.368 e. The molecule has 0 aliphatic carbocycles. The first-order chi connectivity index (χ1) is 11.5. The fraction of sp³-hybridized carbons (Fsp3) is 0.462. The lowest BCUT2D eigenvalue weighted by molar-refractivity contribution is -0.145. The Bertz CT molecular complexity index is 726. The Morgan fingerprint density at radius 1 is 1.12 bits per heavy atom. The molecule has 0 aliphatic rings. The largest absolute Gasteiger partial charge is 0.451 e. The van der Waals surface area contributed by atoms with E-state index < -0.39 is 35.7 Å². The molecule has 0 radical (unpaired) electrons. The van der Waals surface area contributed by atoms with E-state index in [2.05, 4.69) is 20.3 Å². The highest BCUT2D eigenvalue weighted by atomic mass is 32.1. The summed E-state index contributed by atoms with van der Waals surface area (Å²) in [6, 6.07) is 0.520. The van der Waals surface area contributed by atoms with Crippen LogP contribution >= 0.6 is 11.3 Å². The average molecular weight is 385 g/mol. The average Bonchev–Trinajstić information content (AvgIpc) is 2.92. The fourth-order valence-corrected chi connectivity index (χ4v) is 2.93. The van der Waals surface area contributed by atoms with E-state index in [1.807, 2.05) is 0 Å². The summed E-state index contributed by atoms with van der Waals surface area (Å²) in [4.78, 5) is 9.95. The van der Waals surface area contributed by atoms with Crippen molar-refractivity contribution in [3.8, 4) is 0 Å². The minimum atomic E-state index is -4.78. The molecule has 0 bridgehead atoms. The van der Waals surface area contributed by atoms with Gasteiger partial charge in [0.2, 0.25) is 17.7 Å². The lowest BCUT2D eigenvalue weighted by Gasteiger charge is -2.15. The summed E-state index contributed by atoms with van der Waals surface area (Å²) in [6.45, 7) is 1.59. The second-order valence-electron chi connectivity index (χ2n) is 5.18. The van der Waals surface area contributed by atoms with Crippen LogP contribution in [0, 0.1) is 0 Å². The molecule has 0 aliphatic heterocycles. The van der Waals surface area contributed by atoms with Crippen molar-refractivity contribution in [2.75, 3.05) is 11.1 Å².